The highest BCUT2D eigenvalue weighted by Crippen LogP contribution is 2.48. The van der Waals surface area contributed by atoms with Crippen LogP contribution in [0.3, 0.4) is 0 Å². The van der Waals surface area contributed by atoms with Crippen LogP contribution in [0.1, 0.15) is 31.3 Å². The van der Waals surface area contributed by atoms with Crippen molar-refractivity contribution in [3.8, 4) is 45.6 Å². The van der Waals surface area contributed by atoms with Gasteiger partial charge >= 0.3 is 5.97 Å². The smallest absolute Gasteiger partial charge is 0.340 e. The fourth-order valence-electron chi connectivity index (χ4n) is 4.64. The van der Waals surface area contributed by atoms with Gasteiger partial charge in [-0.15, -0.1) is 11.3 Å². The van der Waals surface area contributed by atoms with E-state index in [0.717, 1.165) is 11.3 Å². The number of hydrogen-bond acceptors (Lipinski definition) is 12. The molecule has 4 rings (SSSR count). The summed E-state index contributed by atoms with van der Waals surface area (Å²) in [4.78, 5) is 32.3. The van der Waals surface area contributed by atoms with Crippen LogP contribution in [-0.4, -0.2) is 66.5 Å². The van der Waals surface area contributed by atoms with E-state index in [1.54, 1.807) is 31.2 Å². The monoisotopic (exact) mass is 582 g/mol. The van der Waals surface area contributed by atoms with Gasteiger partial charge in [-0.1, -0.05) is 0 Å². The van der Waals surface area contributed by atoms with Crippen molar-refractivity contribution in [1.29, 1.82) is 0 Å². The number of thiophene rings is 1. The van der Waals surface area contributed by atoms with E-state index in [1.807, 2.05) is 0 Å². The zero-order chi connectivity index (χ0) is 30.0. The number of nitrogen functional groups attached to an aromatic ring is 1. The maximum atomic E-state index is 13.9. The first-order valence-electron chi connectivity index (χ1n) is 12.1. The maximum Gasteiger partial charge on any atom is 0.340 e. The molecular weight excluding hydrogens is 552 g/mol. The molecule has 2 aromatic carbocycles. The van der Waals surface area contributed by atoms with Gasteiger partial charge in [0.1, 0.15) is 9.71 Å². The Labute approximate surface area is 240 Å². The molecule has 2 aromatic heterocycles. The molecule has 0 unspecified atom stereocenters. The van der Waals surface area contributed by atoms with Crippen LogP contribution in [0.4, 0.5) is 5.69 Å². The lowest BCUT2D eigenvalue weighted by atomic mass is 9.94. The van der Waals surface area contributed by atoms with Gasteiger partial charge in [0.05, 0.1) is 66.7 Å². The van der Waals surface area contributed by atoms with Gasteiger partial charge in [-0.25, -0.2) is 9.78 Å². The number of fused-ring (bicyclic) bond motifs is 1. The second-order valence-corrected chi connectivity index (χ2v) is 9.62. The summed E-state index contributed by atoms with van der Waals surface area (Å²) >= 11 is 1.10. The number of hydrogen-bond donors (Lipinski definition) is 1. The average molecular weight is 583 g/mol. The largest absolute Gasteiger partial charge is 0.493 e. The summed E-state index contributed by atoms with van der Waals surface area (Å²) in [6.07, 6.45) is 0. The normalized spacial score (nSPS) is 10.7. The van der Waals surface area contributed by atoms with Gasteiger partial charge in [0.25, 0.3) is 0 Å². The van der Waals surface area contributed by atoms with Gasteiger partial charge in [0.15, 0.2) is 23.0 Å². The Morgan fingerprint density at radius 1 is 0.756 bits per heavy atom. The average Bonchev–Trinajstić information content (AvgIpc) is 3.32. The summed E-state index contributed by atoms with van der Waals surface area (Å²) in [6, 6.07) is 6.48. The first kappa shape index (κ1) is 29.3. The molecule has 2 heterocycles. The number of anilines is 1. The van der Waals surface area contributed by atoms with E-state index in [0.29, 0.717) is 61.5 Å². The number of ketones is 1. The number of esters is 1. The quantitative estimate of drug-likeness (QED) is 0.201. The number of aryl methyl sites for hydroxylation is 1. The van der Waals surface area contributed by atoms with Crippen molar-refractivity contribution in [3.05, 3.63) is 46.0 Å². The first-order valence-corrected chi connectivity index (χ1v) is 13.0. The highest BCUT2D eigenvalue weighted by atomic mass is 32.1. The third kappa shape index (κ3) is 4.91. The highest BCUT2D eigenvalue weighted by molar-refractivity contribution is 7.21. The summed E-state index contributed by atoms with van der Waals surface area (Å²) in [5, 5.41) is 0.408. The number of carbonyl (C=O) groups is 2. The minimum Gasteiger partial charge on any atom is -0.493 e. The Hall–Kier alpha value is -4.71. The molecule has 0 aliphatic rings. The third-order valence-electron chi connectivity index (χ3n) is 6.53. The van der Waals surface area contributed by atoms with Crippen LogP contribution in [0.5, 0.6) is 34.5 Å². The van der Waals surface area contributed by atoms with Crippen LogP contribution in [0.25, 0.3) is 21.3 Å². The van der Waals surface area contributed by atoms with Gasteiger partial charge in [-0.2, -0.15) is 0 Å². The summed E-state index contributed by atoms with van der Waals surface area (Å²) in [5.74, 6) is 1.06. The van der Waals surface area contributed by atoms with Gasteiger partial charge in [-0.05, 0) is 36.8 Å². The standard InChI is InChI=1S/C29H30N2O9S/c1-13-20(29(33)40-8)21(14-9-16(34-2)25(38-6)17(10-14)35-3)22-23(30)27(41-28(22)31-13)24(32)15-11-18(36-4)26(39-7)19(12-15)37-5/h9-12H,30H2,1-8H3. The lowest BCUT2D eigenvalue weighted by Gasteiger charge is -2.17. The zero-order valence-electron chi connectivity index (χ0n) is 23.9. The highest BCUT2D eigenvalue weighted by Gasteiger charge is 2.29. The fourth-order valence-corrected chi connectivity index (χ4v) is 5.76. The predicted molar refractivity (Wildman–Crippen MR) is 155 cm³/mol. The van der Waals surface area contributed by atoms with Crippen LogP contribution in [-0.2, 0) is 4.74 Å². The molecule has 0 aliphatic carbocycles. The molecular formula is C29H30N2O9S. The molecule has 216 valence electrons. The molecule has 0 bridgehead atoms. The molecule has 0 saturated carbocycles. The van der Waals surface area contributed by atoms with Crippen LogP contribution in [0.15, 0.2) is 24.3 Å². The second-order valence-electron chi connectivity index (χ2n) is 8.62. The van der Waals surface area contributed by atoms with Crippen LogP contribution >= 0.6 is 11.3 Å². The van der Waals surface area contributed by atoms with Crippen molar-refractivity contribution in [2.75, 3.05) is 55.5 Å². The summed E-state index contributed by atoms with van der Waals surface area (Å²) in [5.41, 5.74) is 8.61. The van der Waals surface area contributed by atoms with Gasteiger partial charge in [0, 0.05) is 16.5 Å². The number of benzene rings is 2. The molecule has 41 heavy (non-hydrogen) atoms. The first-order chi connectivity index (χ1) is 19.7. The molecule has 0 saturated heterocycles. The van der Waals surface area contributed by atoms with Gasteiger partial charge < -0.3 is 38.9 Å². The summed E-state index contributed by atoms with van der Waals surface area (Å²) < 4.78 is 37.9. The summed E-state index contributed by atoms with van der Waals surface area (Å²) in [7, 11) is 10.1. The predicted octanol–water partition coefficient (Wildman–Crippen LogP) is 4.92. The molecule has 4 aromatic rings. The Morgan fingerprint density at radius 2 is 1.24 bits per heavy atom. The van der Waals surface area contributed by atoms with Gasteiger partial charge in [-0.3, -0.25) is 4.79 Å². The second kappa shape index (κ2) is 11.8. The van der Waals surface area contributed by atoms with E-state index in [-0.39, 0.29) is 21.7 Å². The van der Waals surface area contributed by atoms with Crippen molar-refractivity contribution in [2.45, 2.75) is 6.92 Å². The van der Waals surface area contributed by atoms with E-state index in [9.17, 15) is 9.59 Å². The number of carbonyl (C=O) groups excluding carboxylic acids is 2. The molecule has 0 atom stereocenters. The number of ether oxygens (including phenoxy) is 7. The fraction of sp³-hybridized carbons (Fsp3) is 0.276. The Morgan fingerprint density at radius 3 is 1.68 bits per heavy atom. The molecule has 0 fully saturated rings. The molecule has 12 heteroatoms. The number of aromatic nitrogens is 1. The number of rotatable bonds is 10. The summed E-state index contributed by atoms with van der Waals surface area (Å²) in [6.45, 7) is 1.68. The van der Waals surface area contributed by atoms with Gasteiger partial charge in [0.2, 0.25) is 17.3 Å². The molecule has 11 nitrogen and oxygen atoms in total. The SMILES string of the molecule is COC(=O)c1c(C)nc2sc(C(=O)c3cc(OC)c(OC)c(OC)c3)c(N)c2c1-c1cc(OC)c(OC)c(OC)c1. The topological polar surface area (TPSA) is 138 Å². The Bertz CT molecular complexity index is 1610. The number of methoxy groups -OCH3 is 7. The minimum atomic E-state index is -0.622. The maximum absolute atomic E-state index is 13.9. The molecule has 0 radical (unpaired) electrons. The number of pyridine rings is 1. The van der Waals surface area contributed by atoms with Crippen molar-refractivity contribution < 1.29 is 42.7 Å². The van der Waals surface area contributed by atoms with E-state index >= 15 is 0 Å². The molecule has 0 spiro atoms. The molecule has 0 amide bonds. The third-order valence-corrected chi connectivity index (χ3v) is 7.63. The van der Waals surface area contributed by atoms with Crippen molar-refractivity contribution in [3.63, 3.8) is 0 Å². The molecule has 0 aliphatic heterocycles. The van der Waals surface area contributed by atoms with E-state index in [2.05, 4.69) is 4.98 Å². The number of nitrogens with two attached hydrogens (primary N) is 1. The van der Waals surface area contributed by atoms with E-state index in [1.165, 1.54) is 49.8 Å². The van der Waals surface area contributed by atoms with Crippen molar-refractivity contribution in [1.82, 2.24) is 4.98 Å². The van der Waals surface area contributed by atoms with Crippen molar-refractivity contribution in [2.24, 2.45) is 0 Å². The zero-order valence-corrected chi connectivity index (χ0v) is 24.7. The Kier molecular flexibility index (Phi) is 8.43. The van der Waals surface area contributed by atoms with Crippen molar-refractivity contribution >= 4 is 39.0 Å². The van der Waals surface area contributed by atoms with E-state index < -0.39 is 11.8 Å². The lowest BCUT2D eigenvalue weighted by molar-refractivity contribution is 0.0600. The molecule has 2 N–H and O–H groups in total. The lowest BCUT2D eigenvalue weighted by Crippen LogP contribution is -2.09. The van der Waals surface area contributed by atoms with Crippen LogP contribution in [0.2, 0.25) is 0 Å². The van der Waals surface area contributed by atoms with Crippen LogP contribution in [0, 0.1) is 6.92 Å². The number of nitrogens with zero attached hydrogens (tertiary/aromatic N) is 1. The van der Waals surface area contributed by atoms with E-state index in [4.69, 9.17) is 38.9 Å². The Balaban J connectivity index is 2.06. The van der Waals surface area contributed by atoms with Crippen LogP contribution < -0.4 is 34.2 Å². The minimum absolute atomic E-state index is 0.144.